The van der Waals surface area contributed by atoms with Gasteiger partial charge in [0.1, 0.15) is 5.69 Å². The highest BCUT2D eigenvalue weighted by Crippen LogP contribution is 2.36. The lowest BCUT2D eigenvalue weighted by Crippen LogP contribution is -2.03. The van der Waals surface area contributed by atoms with Crippen molar-refractivity contribution in [2.75, 3.05) is 7.11 Å². The summed E-state index contributed by atoms with van der Waals surface area (Å²) in [5.41, 5.74) is 6.26. The Hall–Kier alpha value is -4.12. The molecule has 30 heavy (non-hydrogen) atoms. The zero-order valence-corrected chi connectivity index (χ0v) is 16.2. The van der Waals surface area contributed by atoms with E-state index in [4.69, 9.17) is 4.74 Å². The summed E-state index contributed by atoms with van der Waals surface area (Å²) in [7, 11) is 1.37. The van der Waals surface area contributed by atoms with Crippen LogP contribution in [0.2, 0.25) is 0 Å². The molecule has 0 aliphatic carbocycles. The molecule has 0 unspecified atom stereocenters. The molecule has 146 valence electrons. The Morgan fingerprint density at radius 2 is 1.30 bits per heavy atom. The quantitative estimate of drug-likeness (QED) is 0.308. The highest BCUT2D eigenvalue weighted by atomic mass is 16.5. The summed E-state index contributed by atoms with van der Waals surface area (Å²) in [6, 6.07) is 23.5. The van der Waals surface area contributed by atoms with Crippen molar-refractivity contribution in [2.45, 2.75) is 0 Å². The van der Waals surface area contributed by atoms with Crippen molar-refractivity contribution in [3.8, 4) is 22.3 Å². The van der Waals surface area contributed by atoms with Crippen molar-refractivity contribution in [3.63, 3.8) is 0 Å². The van der Waals surface area contributed by atoms with Gasteiger partial charge < -0.3 is 14.7 Å². The number of aromatic nitrogens is 2. The van der Waals surface area contributed by atoms with Crippen LogP contribution < -0.4 is 0 Å². The summed E-state index contributed by atoms with van der Waals surface area (Å²) >= 11 is 0. The average molecular weight is 394 g/mol. The van der Waals surface area contributed by atoms with Gasteiger partial charge in [0.25, 0.3) is 0 Å². The van der Waals surface area contributed by atoms with Crippen LogP contribution >= 0.6 is 0 Å². The fourth-order valence-electron chi connectivity index (χ4n) is 4.06. The number of H-pyrrole nitrogens is 2. The van der Waals surface area contributed by atoms with Crippen molar-refractivity contribution in [2.24, 2.45) is 0 Å². The van der Waals surface area contributed by atoms with Crippen LogP contribution in [0.25, 0.3) is 44.1 Å². The fraction of sp³-hybridized carbons (Fsp3) is 0.0400. The standard InChI is InChI=1S/C25H18N2O3/c1-30-25(29)24-23(18-7-3-5-9-20(18)27-24)16-12-10-15(11-13-16)22-17-6-2-4-8-19(17)26-21(22)14-28/h2-14,26-27H,1H3. The molecule has 0 spiro atoms. The second kappa shape index (κ2) is 7.04. The molecule has 0 bridgehead atoms. The van der Waals surface area contributed by atoms with Crippen LogP contribution in [0, 0.1) is 0 Å². The molecule has 2 aromatic heterocycles. The number of methoxy groups -OCH3 is 1. The topological polar surface area (TPSA) is 75.0 Å². The van der Waals surface area contributed by atoms with Crippen LogP contribution in [0.3, 0.4) is 0 Å². The minimum absolute atomic E-state index is 0.412. The Kier molecular flexibility index (Phi) is 4.21. The maximum absolute atomic E-state index is 12.4. The van der Waals surface area contributed by atoms with E-state index in [0.29, 0.717) is 11.4 Å². The van der Waals surface area contributed by atoms with Crippen molar-refractivity contribution in [1.29, 1.82) is 0 Å². The monoisotopic (exact) mass is 394 g/mol. The third-order valence-electron chi connectivity index (χ3n) is 5.41. The van der Waals surface area contributed by atoms with Crippen LogP contribution in [0.5, 0.6) is 0 Å². The molecule has 0 radical (unpaired) electrons. The highest BCUT2D eigenvalue weighted by molar-refractivity contribution is 6.08. The second-order valence-electron chi connectivity index (χ2n) is 7.07. The lowest BCUT2D eigenvalue weighted by atomic mass is 9.97. The molecule has 5 rings (SSSR count). The Labute approximate surface area is 172 Å². The van der Waals surface area contributed by atoms with Gasteiger partial charge in [-0.1, -0.05) is 60.7 Å². The molecule has 0 saturated carbocycles. The second-order valence-corrected chi connectivity index (χ2v) is 7.07. The van der Waals surface area contributed by atoms with E-state index < -0.39 is 5.97 Å². The molecule has 5 aromatic rings. The van der Waals surface area contributed by atoms with E-state index in [1.807, 2.05) is 72.8 Å². The number of benzene rings is 3. The fourth-order valence-corrected chi connectivity index (χ4v) is 4.06. The first-order chi connectivity index (χ1) is 14.7. The zero-order chi connectivity index (χ0) is 20.7. The highest BCUT2D eigenvalue weighted by Gasteiger charge is 2.20. The van der Waals surface area contributed by atoms with Crippen LogP contribution in [-0.2, 0) is 4.74 Å². The molecule has 0 amide bonds. The van der Waals surface area contributed by atoms with Gasteiger partial charge in [-0.25, -0.2) is 4.79 Å². The number of para-hydroxylation sites is 2. The maximum atomic E-state index is 12.4. The maximum Gasteiger partial charge on any atom is 0.355 e. The molecule has 0 aliphatic heterocycles. The lowest BCUT2D eigenvalue weighted by molar-refractivity contribution is 0.0596. The predicted octanol–water partition coefficient (Wildman–Crippen LogP) is 5.58. The van der Waals surface area contributed by atoms with Crippen molar-refractivity contribution in [3.05, 3.63) is 84.2 Å². The molecule has 0 aliphatic rings. The number of aldehydes is 1. The van der Waals surface area contributed by atoms with Crippen molar-refractivity contribution in [1.82, 2.24) is 9.97 Å². The first-order valence-electron chi connectivity index (χ1n) is 9.57. The molecule has 0 saturated heterocycles. The van der Waals surface area contributed by atoms with E-state index >= 15 is 0 Å². The Balaban J connectivity index is 1.67. The van der Waals surface area contributed by atoms with Gasteiger partial charge >= 0.3 is 5.97 Å². The number of nitrogens with one attached hydrogen (secondary N) is 2. The van der Waals surface area contributed by atoms with Crippen LogP contribution in [0.1, 0.15) is 21.0 Å². The smallest absolute Gasteiger partial charge is 0.355 e. The number of fused-ring (bicyclic) bond motifs is 2. The van der Waals surface area contributed by atoms with Gasteiger partial charge in [-0.15, -0.1) is 0 Å². The van der Waals surface area contributed by atoms with Crippen LogP contribution in [0.15, 0.2) is 72.8 Å². The first-order valence-corrected chi connectivity index (χ1v) is 9.57. The Bertz CT molecular complexity index is 1410. The molecular weight excluding hydrogens is 376 g/mol. The molecule has 2 heterocycles. The lowest BCUT2D eigenvalue weighted by Gasteiger charge is -2.07. The molecule has 5 heteroatoms. The number of aromatic amines is 2. The number of esters is 1. The van der Waals surface area contributed by atoms with E-state index in [0.717, 1.165) is 50.3 Å². The van der Waals surface area contributed by atoms with Gasteiger partial charge in [-0.2, -0.15) is 0 Å². The summed E-state index contributed by atoms with van der Waals surface area (Å²) < 4.78 is 4.98. The van der Waals surface area contributed by atoms with Crippen molar-refractivity contribution >= 4 is 34.1 Å². The van der Waals surface area contributed by atoms with Gasteiger partial charge in [0, 0.05) is 32.9 Å². The van der Waals surface area contributed by atoms with Crippen molar-refractivity contribution < 1.29 is 14.3 Å². The number of hydrogen-bond acceptors (Lipinski definition) is 3. The Morgan fingerprint density at radius 3 is 1.90 bits per heavy atom. The van der Waals surface area contributed by atoms with E-state index in [-0.39, 0.29) is 0 Å². The molecular formula is C25H18N2O3. The summed E-state index contributed by atoms with van der Waals surface area (Å²) in [5.74, 6) is -0.412. The van der Waals surface area contributed by atoms with Gasteiger partial charge in [-0.05, 0) is 23.3 Å². The largest absolute Gasteiger partial charge is 0.464 e. The van der Waals surface area contributed by atoms with E-state index in [1.54, 1.807) is 0 Å². The molecule has 3 aromatic carbocycles. The number of carbonyl (C=O) groups excluding carboxylic acids is 2. The molecule has 5 nitrogen and oxygen atoms in total. The van der Waals surface area contributed by atoms with Gasteiger partial charge in [0.05, 0.1) is 12.8 Å². The molecule has 0 atom stereocenters. The number of rotatable bonds is 4. The molecule has 0 fully saturated rings. The average Bonchev–Trinajstić information content (AvgIpc) is 3.37. The number of hydrogen-bond donors (Lipinski definition) is 2. The van der Waals surface area contributed by atoms with Crippen LogP contribution in [-0.4, -0.2) is 29.3 Å². The third kappa shape index (κ3) is 2.71. The van der Waals surface area contributed by atoms with Crippen LogP contribution in [0.4, 0.5) is 0 Å². The minimum atomic E-state index is -0.412. The summed E-state index contributed by atoms with van der Waals surface area (Å²) in [5, 5.41) is 1.95. The molecule has 2 N–H and O–H groups in total. The van der Waals surface area contributed by atoms with E-state index in [9.17, 15) is 9.59 Å². The van der Waals surface area contributed by atoms with Gasteiger partial charge in [0.2, 0.25) is 0 Å². The number of carbonyl (C=O) groups is 2. The zero-order valence-electron chi connectivity index (χ0n) is 16.2. The third-order valence-corrected chi connectivity index (χ3v) is 5.41. The normalized spacial score (nSPS) is 11.1. The SMILES string of the molecule is COC(=O)c1[nH]c2ccccc2c1-c1ccc(-c2c(C=O)[nH]c3ccccc23)cc1. The summed E-state index contributed by atoms with van der Waals surface area (Å²) in [4.78, 5) is 30.3. The summed E-state index contributed by atoms with van der Waals surface area (Å²) in [6.45, 7) is 0. The van der Waals surface area contributed by atoms with E-state index in [2.05, 4.69) is 9.97 Å². The minimum Gasteiger partial charge on any atom is -0.464 e. The van der Waals surface area contributed by atoms with Gasteiger partial charge in [-0.3, -0.25) is 4.79 Å². The predicted molar refractivity (Wildman–Crippen MR) is 118 cm³/mol. The van der Waals surface area contributed by atoms with Gasteiger partial charge in [0.15, 0.2) is 6.29 Å². The summed E-state index contributed by atoms with van der Waals surface area (Å²) in [6.07, 6.45) is 0.846. The Morgan fingerprint density at radius 1 is 0.767 bits per heavy atom. The van der Waals surface area contributed by atoms with E-state index in [1.165, 1.54) is 7.11 Å². The number of ether oxygens (including phenoxy) is 1. The first kappa shape index (κ1) is 17.9.